The molecule has 0 aliphatic heterocycles. The third kappa shape index (κ3) is 2.58. The number of nitrogens with one attached hydrogen (secondary N) is 1. The number of aromatic nitrogens is 3. The van der Waals surface area contributed by atoms with Crippen molar-refractivity contribution in [3.05, 3.63) is 59.5 Å². The van der Waals surface area contributed by atoms with Gasteiger partial charge < -0.3 is 10.1 Å². The Morgan fingerprint density at radius 2 is 1.76 bits per heavy atom. The molecule has 1 N–H and O–H groups in total. The van der Waals surface area contributed by atoms with Crippen molar-refractivity contribution < 1.29 is 4.74 Å². The third-order valence-electron chi connectivity index (χ3n) is 4.48. The average molecular weight is 332 g/mol. The monoisotopic (exact) mass is 332 g/mol. The number of anilines is 2. The van der Waals surface area contributed by atoms with Crippen LogP contribution in [-0.4, -0.2) is 21.5 Å². The van der Waals surface area contributed by atoms with Gasteiger partial charge in [-0.25, -0.2) is 9.97 Å². The molecule has 2 aromatic heterocycles. The highest BCUT2D eigenvalue weighted by Crippen LogP contribution is 2.30. The Hall–Kier alpha value is -3.08. The van der Waals surface area contributed by atoms with Crippen LogP contribution < -0.4 is 10.1 Å². The summed E-state index contributed by atoms with van der Waals surface area (Å²) in [5.41, 5.74) is 7.53. The summed E-state index contributed by atoms with van der Waals surface area (Å²) < 4.78 is 7.37. The first-order valence-electron chi connectivity index (χ1n) is 8.21. The maximum atomic E-state index is 5.34. The van der Waals surface area contributed by atoms with Crippen LogP contribution in [0.2, 0.25) is 0 Å². The lowest BCUT2D eigenvalue weighted by Crippen LogP contribution is -2.02. The van der Waals surface area contributed by atoms with Gasteiger partial charge in [0, 0.05) is 11.8 Å². The molecule has 0 atom stereocenters. The van der Waals surface area contributed by atoms with Crippen molar-refractivity contribution in [1.29, 1.82) is 0 Å². The van der Waals surface area contributed by atoms with Gasteiger partial charge in [0.25, 0.3) is 0 Å². The first kappa shape index (κ1) is 15.4. The van der Waals surface area contributed by atoms with E-state index < -0.39 is 0 Å². The molecule has 0 saturated heterocycles. The molecule has 5 heteroatoms. The highest BCUT2D eigenvalue weighted by Gasteiger charge is 2.12. The van der Waals surface area contributed by atoms with Crippen LogP contribution in [0.4, 0.5) is 11.5 Å². The average Bonchev–Trinajstić information content (AvgIpc) is 3.07. The molecular weight excluding hydrogens is 312 g/mol. The second-order valence-electron chi connectivity index (χ2n) is 6.36. The normalized spacial score (nSPS) is 11.2. The second-order valence-corrected chi connectivity index (χ2v) is 6.36. The quantitative estimate of drug-likeness (QED) is 0.597. The summed E-state index contributed by atoms with van der Waals surface area (Å²) in [6.07, 6.45) is 3.63. The molecule has 5 nitrogen and oxygen atoms in total. The van der Waals surface area contributed by atoms with E-state index in [1.54, 1.807) is 13.4 Å². The number of rotatable bonds is 3. The Bertz CT molecular complexity index is 1070. The minimum Gasteiger partial charge on any atom is -0.497 e. The lowest BCUT2D eigenvalue weighted by atomic mass is 10.1. The van der Waals surface area contributed by atoms with Crippen LogP contribution in [-0.2, 0) is 0 Å². The first-order chi connectivity index (χ1) is 12.1. The van der Waals surface area contributed by atoms with Crippen molar-refractivity contribution >= 4 is 28.1 Å². The van der Waals surface area contributed by atoms with E-state index in [2.05, 4.69) is 43.2 Å². The maximum absolute atomic E-state index is 5.34. The fourth-order valence-corrected chi connectivity index (χ4v) is 3.35. The highest BCUT2D eigenvalue weighted by molar-refractivity contribution is 5.87. The number of fused-ring (bicyclic) bond motifs is 3. The molecule has 25 heavy (non-hydrogen) atoms. The molecule has 4 rings (SSSR count). The molecule has 126 valence electrons. The Labute approximate surface area is 146 Å². The van der Waals surface area contributed by atoms with E-state index in [4.69, 9.17) is 9.72 Å². The van der Waals surface area contributed by atoms with Crippen LogP contribution in [0.5, 0.6) is 5.75 Å². The van der Waals surface area contributed by atoms with Crippen molar-refractivity contribution in [2.24, 2.45) is 0 Å². The van der Waals surface area contributed by atoms with Crippen LogP contribution >= 0.6 is 0 Å². The van der Waals surface area contributed by atoms with Gasteiger partial charge in [0.1, 0.15) is 11.3 Å². The molecule has 2 aromatic carbocycles. The minimum absolute atomic E-state index is 0.796. The van der Waals surface area contributed by atoms with Gasteiger partial charge in [0.05, 0.1) is 30.7 Å². The van der Waals surface area contributed by atoms with E-state index >= 15 is 0 Å². The molecule has 0 saturated carbocycles. The zero-order valence-electron chi connectivity index (χ0n) is 14.8. The molecule has 0 aliphatic carbocycles. The molecular formula is C20H20N4O. The topological polar surface area (TPSA) is 51.5 Å². The number of nitrogens with zero attached hydrogens (tertiary/aromatic N) is 3. The molecule has 0 bridgehead atoms. The molecule has 0 spiro atoms. The van der Waals surface area contributed by atoms with Crippen molar-refractivity contribution in [3.8, 4) is 5.75 Å². The van der Waals surface area contributed by atoms with Gasteiger partial charge in [0.15, 0.2) is 5.82 Å². The number of imidazole rings is 1. The van der Waals surface area contributed by atoms with Crippen LogP contribution in [0.25, 0.3) is 16.6 Å². The van der Waals surface area contributed by atoms with E-state index in [1.165, 1.54) is 16.7 Å². The smallest absolute Gasteiger partial charge is 0.157 e. The van der Waals surface area contributed by atoms with Crippen LogP contribution in [0.15, 0.2) is 42.9 Å². The predicted molar refractivity (Wildman–Crippen MR) is 101 cm³/mol. The molecule has 4 aromatic rings. The first-order valence-corrected chi connectivity index (χ1v) is 8.21. The van der Waals surface area contributed by atoms with Gasteiger partial charge in [-0.2, -0.15) is 0 Å². The number of methoxy groups -OCH3 is 1. The lowest BCUT2D eigenvalue weighted by molar-refractivity contribution is 0.415. The van der Waals surface area contributed by atoms with Crippen LogP contribution in [0.3, 0.4) is 0 Å². The van der Waals surface area contributed by atoms with Crippen molar-refractivity contribution in [3.63, 3.8) is 0 Å². The summed E-state index contributed by atoms with van der Waals surface area (Å²) in [5.74, 6) is 1.60. The van der Waals surface area contributed by atoms with Crippen molar-refractivity contribution in [2.45, 2.75) is 20.8 Å². The highest BCUT2D eigenvalue weighted by atomic mass is 16.5. The van der Waals surface area contributed by atoms with Crippen molar-refractivity contribution in [2.75, 3.05) is 12.4 Å². The van der Waals surface area contributed by atoms with Crippen molar-refractivity contribution in [1.82, 2.24) is 14.4 Å². The number of aryl methyl sites for hydroxylation is 3. The molecule has 2 heterocycles. The summed E-state index contributed by atoms with van der Waals surface area (Å²) >= 11 is 0. The number of hydrogen-bond donors (Lipinski definition) is 1. The zero-order chi connectivity index (χ0) is 17.6. The summed E-state index contributed by atoms with van der Waals surface area (Å²) in [6.45, 7) is 6.34. The van der Waals surface area contributed by atoms with Gasteiger partial charge in [-0.15, -0.1) is 0 Å². The standard InChI is InChI=1S/C20H20N4O/c1-12-7-13(2)19(14(3)8-12)23-20-18-10-21-11-24(18)17-9-15(25-4)5-6-16(17)22-20/h5-11H,1-4H3,(H,22,23). The van der Waals surface area contributed by atoms with E-state index in [1.807, 2.05) is 28.8 Å². The van der Waals surface area contributed by atoms with Gasteiger partial charge in [-0.3, -0.25) is 4.40 Å². The minimum atomic E-state index is 0.796. The van der Waals surface area contributed by atoms with Gasteiger partial charge in [-0.1, -0.05) is 17.7 Å². The number of benzene rings is 2. The SMILES string of the molecule is COc1ccc2nc(Nc3c(C)cc(C)cc3C)c3cncn3c2c1. The fraction of sp³-hybridized carbons (Fsp3) is 0.200. The predicted octanol–water partition coefficient (Wildman–Crippen LogP) is 4.56. The molecule has 0 radical (unpaired) electrons. The Morgan fingerprint density at radius 1 is 1.00 bits per heavy atom. The number of hydrogen-bond acceptors (Lipinski definition) is 4. The van der Waals surface area contributed by atoms with E-state index in [9.17, 15) is 0 Å². The van der Waals surface area contributed by atoms with Gasteiger partial charge in [-0.05, 0) is 44.0 Å². The Kier molecular flexibility index (Phi) is 3.57. The fourth-order valence-electron chi connectivity index (χ4n) is 3.35. The van der Waals surface area contributed by atoms with E-state index in [-0.39, 0.29) is 0 Å². The Balaban J connectivity index is 1.91. The van der Waals surface area contributed by atoms with Gasteiger partial charge in [0.2, 0.25) is 0 Å². The lowest BCUT2D eigenvalue weighted by Gasteiger charge is -2.15. The molecule has 0 amide bonds. The number of ether oxygens (including phenoxy) is 1. The molecule has 0 unspecified atom stereocenters. The third-order valence-corrected chi connectivity index (χ3v) is 4.48. The summed E-state index contributed by atoms with van der Waals surface area (Å²) in [6, 6.07) is 10.2. The molecule has 0 aliphatic rings. The van der Waals surface area contributed by atoms with E-state index in [0.29, 0.717) is 0 Å². The summed E-state index contributed by atoms with van der Waals surface area (Å²) in [5, 5.41) is 3.51. The van der Waals surface area contributed by atoms with Crippen LogP contribution in [0, 0.1) is 20.8 Å². The maximum Gasteiger partial charge on any atom is 0.157 e. The second kappa shape index (κ2) is 5.77. The Morgan fingerprint density at radius 3 is 2.48 bits per heavy atom. The van der Waals surface area contributed by atoms with E-state index in [0.717, 1.165) is 33.8 Å². The van der Waals surface area contributed by atoms with Gasteiger partial charge >= 0.3 is 0 Å². The zero-order valence-corrected chi connectivity index (χ0v) is 14.8. The summed E-state index contributed by atoms with van der Waals surface area (Å²) in [4.78, 5) is 9.13. The largest absolute Gasteiger partial charge is 0.497 e. The van der Waals surface area contributed by atoms with Crippen LogP contribution in [0.1, 0.15) is 16.7 Å². The molecule has 0 fully saturated rings. The summed E-state index contributed by atoms with van der Waals surface area (Å²) in [7, 11) is 1.67.